The fraction of sp³-hybridized carbons (Fsp3) is 0.320. The number of rotatable bonds is 10. The van der Waals surface area contributed by atoms with Gasteiger partial charge in [-0.2, -0.15) is 4.39 Å². The lowest BCUT2D eigenvalue weighted by Gasteiger charge is -2.20. The highest BCUT2D eigenvalue weighted by Gasteiger charge is 2.16. The molecule has 0 spiro atoms. The van der Waals surface area contributed by atoms with Gasteiger partial charge in [0.1, 0.15) is 5.15 Å². The summed E-state index contributed by atoms with van der Waals surface area (Å²) in [5, 5.41) is 14.2. The second kappa shape index (κ2) is 11.8. The molecule has 2 N–H and O–H groups in total. The highest BCUT2D eigenvalue weighted by Crippen LogP contribution is 2.15. The van der Waals surface area contributed by atoms with Crippen molar-refractivity contribution in [3.8, 4) is 0 Å². The molecule has 3 rings (SSSR count). The summed E-state index contributed by atoms with van der Waals surface area (Å²) in [6.07, 6.45) is 3.92. The number of aliphatic hydroxyl groups is 1. The summed E-state index contributed by atoms with van der Waals surface area (Å²) in [5.74, 6) is -0.752. The lowest BCUT2D eigenvalue weighted by molar-refractivity contribution is 0.0783. The zero-order chi connectivity index (χ0) is 23.8. The van der Waals surface area contributed by atoms with Crippen molar-refractivity contribution >= 4 is 17.5 Å². The minimum absolute atomic E-state index is 0.146. The number of hydrogen-bond donors (Lipinski definition) is 2. The maximum absolute atomic E-state index is 13.8. The summed E-state index contributed by atoms with van der Waals surface area (Å²) in [4.78, 5) is 21.8. The predicted octanol–water partition coefficient (Wildman–Crippen LogP) is 4.19. The molecule has 0 fully saturated rings. The fourth-order valence-corrected chi connectivity index (χ4v) is 3.61. The van der Waals surface area contributed by atoms with Crippen LogP contribution in [0.2, 0.25) is 5.15 Å². The number of hydrogen-bond acceptors (Lipinski definition) is 5. The van der Waals surface area contributed by atoms with Crippen molar-refractivity contribution in [2.45, 2.75) is 38.5 Å². The Balaban J connectivity index is 1.54. The topological polar surface area (TPSA) is 78.4 Å². The fourth-order valence-electron chi connectivity index (χ4n) is 3.49. The van der Waals surface area contributed by atoms with Gasteiger partial charge in [-0.25, -0.2) is 9.97 Å². The average Bonchev–Trinajstić information content (AvgIpc) is 2.83. The first-order chi connectivity index (χ1) is 15.9. The first-order valence-electron chi connectivity index (χ1n) is 10.8. The van der Waals surface area contributed by atoms with Crippen LogP contribution in [-0.4, -0.2) is 45.5 Å². The van der Waals surface area contributed by atoms with E-state index in [0.29, 0.717) is 28.4 Å². The van der Waals surface area contributed by atoms with Crippen LogP contribution in [0.4, 0.5) is 4.39 Å². The SMILES string of the molecule is CC[C@@H](Cc1ccc(C(=O)N(C)Cc2cccnc2F)cc1)NC[C@H](O)c1ccc(Cl)nc1. The van der Waals surface area contributed by atoms with E-state index in [0.717, 1.165) is 18.4 Å². The van der Waals surface area contributed by atoms with Gasteiger partial charge in [0.2, 0.25) is 5.95 Å². The molecule has 0 aliphatic carbocycles. The molecule has 0 unspecified atom stereocenters. The van der Waals surface area contributed by atoms with Crippen LogP contribution in [0.25, 0.3) is 0 Å². The van der Waals surface area contributed by atoms with Crippen LogP contribution in [0.5, 0.6) is 0 Å². The summed E-state index contributed by atoms with van der Waals surface area (Å²) >= 11 is 5.80. The van der Waals surface area contributed by atoms with Gasteiger partial charge in [-0.15, -0.1) is 0 Å². The number of carbonyl (C=O) groups is 1. The predicted molar refractivity (Wildman–Crippen MR) is 126 cm³/mol. The quantitative estimate of drug-likeness (QED) is 0.434. The average molecular weight is 471 g/mol. The molecule has 8 heteroatoms. The van der Waals surface area contributed by atoms with Gasteiger partial charge in [0.15, 0.2) is 0 Å². The molecule has 2 heterocycles. The van der Waals surface area contributed by atoms with Crippen molar-refractivity contribution in [3.63, 3.8) is 0 Å². The lowest BCUT2D eigenvalue weighted by Crippen LogP contribution is -2.34. The van der Waals surface area contributed by atoms with Gasteiger partial charge in [0.25, 0.3) is 5.91 Å². The van der Waals surface area contributed by atoms with Crippen LogP contribution in [0.3, 0.4) is 0 Å². The molecular formula is C25H28ClFN4O2. The van der Waals surface area contributed by atoms with Crippen LogP contribution in [0.1, 0.15) is 46.5 Å². The van der Waals surface area contributed by atoms with E-state index >= 15 is 0 Å². The number of aliphatic hydroxyl groups excluding tert-OH is 1. The Labute approximate surface area is 198 Å². The van der Waals surface area contributed by atoms with Crippen LogP contribution < -0.4 is 5.32 Å². The van der Waals surface area contributed by atoms with Gasteiger partial charge >= 0.3 is 0 Å². The normalized spacial score (nSPS) is 12.9. The Hall–Kier alpha value is -2.87. The Bertz CT molecular complexity index is 1050. The summed E-state index contributed by atoms with van der Waals surface area (Å²) < 4.78 is 13.8. The van der Waals surface area contributed by atoms with Gasteiger partial charge in [-0.1, -0.05) is 42.8 Å². The van der Waals surface area contributed by atoms with E-state index in [-0.39, 0.29) is 18.5 Å². The second-order valence-corrected chi connectivity index (χ2v) is 8.35. The number of nitrogens with zero attached hydrogens (tertiary/aromatic N) is 3. The number of nitrogens with one attached hydrogen (secondary N) is 1. The molecule has 3 aromatic rings. The molecule has 33 heavy (non-hydrogen) atoms. The zero-order valence-electron chi connectivity index (χ0n) is 18.7. The molecule has 2 atom stereocenters. The maximum Gasteiger partial charge on any atom is 0.253 e. The molecular weight excluding hydrogens is 443 g/mol. The number of pyridine rings is 2. The van der Waals surface area contributed by atoms with Crippen LogP contribution in [0.15, 0.2) is 60.9 Å². The summed E-state index contributed by atoms with van der Waals surface area (Å²) in [7, 11) is 1.64. The van der Waals surface area contributed by atoms with Crippen LogP contribution in [-0.2, 0) is 13.0 Å². The minimum atomic E-state index is -0.677. The van der Waals surface area contributed by atoms with Crippen molar-refractivity contribution < 1.29 is 14.3 Å². The number of amides is 1. The summed E-state index contributed by atoms with van der Waals surface area (Å²) in [6, 6.07) is 14.3. The molecule has 0 aliphatic heterocycles. The molecule has 0 saturated carbocycles. The van der Waals surface area contributed by atoms with Gasteiger partial charge in [-0.05, 0) is 42.7 Å². The second-order valence-electron chi connectivity index (χ2n) is 7.96. The molecule has 0 bridgehead atoms. The van der Waals surface area contributed by atoms with E-state index in [1.807, 2.05) is 12.1 Å². The molecule has 1 aromatic carbocycles. The third-order valence-electron chi connectivity index (χ3n) is 5.50. The minimum Gasteiger partial charge on any atom is -0.387 e. The smallest absolute Gasteiger partial charge is 0.253 e. The Morgan fingerprint density at radius 1 is 1.18 bits per heavy atom. The Morgan fingerprint density at radius 2 is 1.94 bits per heavy atom. The number of halogens is 2. The molecule has 174 valence electrons. The van der Waals surface area contributed by atoms with Crippen molar-refractivity contribution in [1.29, 1.82) is 0 Å². The van der Waals surface area contributed by atoms with Crippen molar-refractivity contribution in [2.24, 2.45) is 0 Å². The first kappa shape index (κ1) is 24.8. The molecule has 0 aliphatic rings. The Morgan fingerprint density at radius 3 is 2.58 bits per heavy atom. The summed E-state index contributed by atoms with van der Waals surface area (Å²) in [5.41, 5.74) is 2.70. The van der Waals surface area contributed by atoms with E-state index in [9.17, 15) is 14.3 Å². The number of carbonyl (C=O) groups excluding carboxylic acids is 1. The maximum atomic E-state index is 13.8. The van der Waals surface area contributed by atoms with Crippen LogP contribution >= 0.6 is 11.6 Å². The third kappa shape index (κ3) is 7.05. The summed E-state index contributed by atoms with van der Waals surface area (Å²) in [6.45, 7) is 2.62. The monoisotopic (exact) mass is 470 g/mol. The van der Waals surface area contributed by atoms with Gasteiger partial charge in [0.05, 0.1) is 12.6 Å². The Kier molecular flexibility index (Phi) is 8.88. The van der Waals surface area contributed by atoms with Crippen molar-refractivity contribution in [3.05, 3.63) is 94.3 Å². The van der Waals surface area contributed by atoms with Crippen molar-refractivity contribution in [2.75, 3.05) is 13.6 Å². The lowest BCUT2D eigenvalue weighted by atomic mass is 10.0. The van der Waals surface area contributed by atoms with Crippen LogP contribution in [0, 0.1) is 5.95 Å². The molecule has 0 saturated heterocycles. The molecule has 2 aromatic heterocycles. The largest absolute Gasteiger partial charge is 0.387 e. The first-order valence-corrected chi connectivity index (χ1v) is 11.2. The number of aromatic nitrogens is 2. The highest BCUT2D eigenvalue weighted by molar-refractivity contribution is 6.29. The zero-order valence-corrected chi connectivity index (χ0v) is 19.5. The number of benzene rings is 1. The van der Waals surface area contributed by atoms with Gasteiger partial charge in [-0.3, -0.25) is 4.79 Å². The van der Waals surface area contributed by atoms with Crippen molar-refractivity contribution in [1.82, 2.24) is 20.2 Å². The van der Waals surface area contributed by atoms with Gasteiger partial charge < -0.3 is 15.3 Å². The van der Waals surface area contributed by atoms with E-state index in [2.05, 4.69) is 22.2 Å². The van der Waals surface area contributed by atoms with E-state index in [1.165, 1.54) is 11.1 Å². The highest BCUT2D eigenvalue weighted by atomic mass is 35.5. The standard InChI is InChI=1S/C25H28ClFN4O2/c1-3-21(29-15-22(32)19-10-11-23(26)30-14-19)13-17-6-8-18(9-7-17)25(33)31(2)16-20-5-4-12-28-24(20)27/h4-12,14,21-22,29,32H,3,13,15-16H2,1-2H3/t21-,22-/m0/s1. The third-order valence-corrected chi connectivity index (χ3v) is 5.72. The molecule has 1 amide bonds. The molecule has 0 radical (unpaired) electrons. The van der Waals surface area contributed by atoms with Gasteiger partial charge in [0, 0.05) is 48.7 Å². The molecule has 6 nitrogen and oxygen atoms in total. The van der Waals surface area contributed by atoms with E-state index in [1.54, 1.807) is 49.6 Å². The van der Waals surface area contributed by atoms with E-state index < -0.39 is 12.1 Å². The van der Waals surface area contributed by atoms with E-state index in [4.69, 9.17) is 11.6 Å².